The molecule has 0 aromatic carbocycles. The number of aromatic nitrogens is 1. The van der Waals surface area contributed by atoms with Crippen molar-refractivity contribution in [2.45, 2.75) is 46.1 Å². The second-order valence-electron chi connectivity index (χ2n) is 5.47. The van der Waals surface area contributed by atoms with Crippen LogP contribution in [0.5, 0.6) is 0 Å². The highest BCUT2D eigenvalue weighted by Gasteiger charge is 2.12. The summed E-state index contributed by atoms with van der Waals surface area (Å²) in [5.41, 5.74) is 3.67. The van der Waals surface area contributed by atoms with Gasteiger partial charge >= 0.3 is 0 Å². The van der Waals surface area contributed by atoms with Crippen LogP contribution in [0.3, 0.4) is 0 Å². The molecule has 0 bridgehead atoms. The molecule has 1 heterocycles. The van der Waals surface area contributed by atoms with E-state index in [9.17, 15) is 4.79 Å². The molecule has 0 atom stereocenters. The molecular weight excluding hydrogens is 294 g/mol. The number of nitrogens with zero attached hydrogens (tertiary/aromatic N) is 1. The van der Waals surface area contributed by atoms with E-state index in [2.05, 4.69) is 35.8 Å². The largest absolute Gasteiger partial charge is 1.00 e. The maximum atomic E-state index is 11.3. The maximum absolute atomic E-state index is 11.3. The Morgan fingerprint density at radius 1 is 0.955 bits per heavy atom. The molecule has 2 aliphatic carbocycles. The van der Waals surface area contributed by atoms with Crippen molar-refractivity contribution in [3.05, 3.63) is 54.4 Å². The lowest BCUT2D eigenvalue weighted by Gasteiger charge is -2.10. The van der Waals surface area contributed by atoms with Crippen molar-refractivity contribution in [2.24, 2.45) is 0 Å². The third-order valence-electron chi connectivity index (χ3n) is 3.77. The van der Waals surface area contributed by atoms with Crippen molar-refractivity contribution in [2.75, 3.05) is 0 Å². The number of pyridine rings is 1. The molecule has 1 aromatic rings. The van der Waals surface area contributed by atoms with E-state index in [1.54, 1.807) is 6.92 Å². The van der Waals surface area contributed by atoms with Crippen LogP contribution in [0, 0.1) is 0 Å². The van der Waals surface area contributed by atoms with Crippen LogP contribution in [0.2, 0.25) is 0 Å². The van der Waals surface area contributed by atoms with E-state index in [0.29, 0.717) is 0 Å². The first-order valence-corrected chi connectivity index (χ1v) is 7.82. The Hall–Kier alpha value is -1.67. The fourth-order valence-corrected chi connectivity index (χ4v) is 2.36. The lowest BCUT2D eigenvalue weighted by atomic mass is 9.95. The van der Waals surface area contributed by atoms with E-state index in [1.807, 2.05) is 24.4 Å². The molecular formula is C19H24ClNO. The molecule has 118 valence electrons. The zero-order chi connectivity index (χ0) is 15.1. The summed E-state index contributed by atoms with van der Waals surface area (Å²) < 4.78 is 2.05. The fraction of sp³-hybridized carbons (Fsp3) is 0.368. The highest BCUT2D eigenvalue weighted by Crippen LogP contribution is 2.29. The van der Waals surface area contributed by atoms with Gasteiger partial charge in [-0.1, -0.05) is 44.0 Å². The van der Waals surface area contributed by atoms with Crippen molar-refractivity contribution in [1.29, 1.82) is 0 Å². The van der Waals surface area contributed by atoms with Gasteiger partial charge in [0.1, 0.15) is 6.54 Å². The van der Waals surface area contributed by atoms with E-state index in [1.165, 1.54) is 30.4 Å². The second-order valence-corrected chi connectivity index (χ2v) is 5.47. The normalized spacial score (nSPS) is 10.1. The maximum Gasteiger partial charge on any atom is 0.248 e. The lowest BCUT2D eigenvalue weighted by Crippen LogP contribution is -3.00. The van der Waals surface area contributed by atoms with Gasteiger partial charge in [0, 0.05) is 25.5 Å². The first kappa shape index (κ1) is 18.4. The number of carbonyl (C=O) groups excluding carboxylic acids is 1. The van der Waals surface area contributed by atoms with E-state index in [4.69, 9.17) is 0 Å². The molecule has 0 fully saturated rings. The number of hydrogen-bond donors (Lipinski definition) is 0. The summed E-state index contributed by atoms with van der Waals surface area (Å²) in [5.74, 6) is 0.145. The van der Waals surface area contributed by atoms with Crippen LogP contribution < -0.4 is 17.0 Å². The molecule has 0 N–H and O–H groups in total. The Morgan fingerprint density at radius 2 is 1.59 bits per heavy atom. The van der Waals surface area contributed by atoms with Crippen LogP contribution >= 0.6 is 0 Å². The van der Waals surface area contributed by atoms with E-state index in [0.717, 1.165) is 18.7 Å². The summed E-state index contributed by atoms with van der Waals surface area (Å²) in [4.78, 5) is 11.3. The molecule has 2 aliphatic rings. The number of rotatable bonds is 6. The summed E-state index contributed by atoms with van der Waals surface area (Å²) in [6.07, 6.45) is 6.92. The lowest BCUT2D eigenvalue weighted by molar-refractivity contribution is -0.699. The number of benzene rings is 1. The van der Waals surface area contributed by atoms with Crippen molar-refractivity contribution in [3.63, 3.8) is 0 Å². The average Bonchev–Trinajstić information content (AvgIpc) is 2.48. The average molecular weight is 318 g/mol. The summed E-state index contributed by atoms with van der Waals surface area (Å²) in [6, 6.07) is 14.3. The predicted molar refractivity (Wildman–Crippen MR) is 86.2 cm³/mol. The van der Waals surface area contributed by atoms with Gasteiger partial charge in [0.2, 0.25) is 11.5 Å². The number of unbranched alkanes of at least 4 members (excludes halogenated alkanes) is 3. The van der Waals surface area contributed by atoms with Crippen molar-refractivity contribution in [1.82, 2.24) is 0 Å². The highest BCUT2D eigenvalue weighted by atomic mass is 35.5. The molecule has 2 nitrogen and oxygen atoms in total. The number of hydrogen-bond acceptors (Lipinski definition) is 1. The van der Waals surface area contributed by atoms with Gasteiger partial charge in [-0.15, -0.1) is 0 Å². The van der Waals surface area contributed by atoms with Crippen LogP contribution in [0.1, 0.15) is 50.0 Å². The Bertz CT molecular complexity index is 572. The van der Waals surface area contributed by atoms with Crippen molar-refractivity contribution in [3.8, 4) is 11.1 Å². The molecule has 3 rings (SSSR count). The topological polar surface area (TPSA) is 20.9 Å². The van der Waals surface area contributed by atoms with Gasteiger partial charge in [0.15, 0.2) is 6.20 Å². The quantitative estimate of drug-likeness (QED) is 0.383. The molecule has 0 amide bonds. The van der Waals surface area contributed by atoms with E-state index in [-0.39, 0.29) is 18.2 Å². The number of ketones is 1. The molecule has 0 spiro atoms. The molecule has 22 heavy (non-hydrogen) atoms. The van der Waals surface area contributed by atoms with Crippen LogP contribution in [-0.4, -0.2) is 5.78 Å². The van der Waals surface area contributed by atoms with Crippen molar-refractivity contribution >= 4 is 5.78 Å². The van der Waals surface area contributed by atoms with Gasteiger partial charge in [-0.05, 0) is 23.6 Å². The van der Waals surface area contributed by atoms with Crippen LogP contribution in [0.25, 0.3) is 11.1 Å². The van der Waals surface area contributed by atoms with E-state index < -0.39 is 0 Å². The standard InChI is InChI=1S/C13H20NO.C6H4.ClH/c1-3-4-5-7-10-14-11-8-6-9-13(14)12(2)15;1-2-6-4-3-5(1)6;/h6,8-9,11H,3-5,7,10H2,1-2H3;1-4H;1H/q+1;;/p-1. The minimum Gasteiger partial charge on any atom is -1.00 e. The number of carbonyl (C=O) groups is 1. The Labute approximate surface area is 139 Å². The molecule has 3 heteroatoms. The zero-order valence-corrected chi connectivity index (χ0v) is 14.1. The molecule has 1 aromatic heterocycles. The number of Topliss-reactive ketones (excluding diaryl/α,β-unsaturated/α-hetero) is 1. The van der Waals surface area contributed by atoms with Crippen LogP contribution in [0.15, 0.2) is 48.7 Å². The molecule has 0 saturated heterocycles. The summed E-state index contributed by atoms with van der Waals surface area (Å²) >= 11 is 0. The monoisotopic (exact) mass is 317 g/mol. The number of halogens is 1. The first-order valence-electron chi connectivity index (χ1n) is 7.82. The Morgan fingerprint density at radius 3 is 2.05 bits per heavy atom. The van der Waals surface area contributed by atoms with E-state index >= 15 is 0 Å². The summed E-state index contributed by atoms with van der Waals surface area (Å²) in [6.45, 7) is 4.78. The van der Waals surface area contributed by atoms with Crippen LogP contribution in [0.4, 0.5) is 0 Å². The van der Waals surface area contributed by atoms with Crippen molar-refractivity contribution < 1.29 is 21.8 Å². The van der Waals surface area contributed by atoms with Gasteiger partial charge in [-0.2, -0.15) is 4.57 Å². The Balaban J connectivity index is 0.000000284. The molecule has 0 radical (unpaired) electrons. The van der Waals surface area contributed by atoms with Gasteiger partial charge in [-0.3, -0.25) is 4.79 Å². The number of aryl methyl sites for hydroxylation is 1. The third-order valence-corrected chi connectivity index (χ3v) is 3.77. The smallest absolute Gasteiger partial charge is 0.248 e. The SMILES string of the molecule is CCCCCC[n+]1ccccc1C(C)=O.[Cl-].c1cc2ccc1-2. The van der Waals surface area contributed by atoms with Gasteiger partial charge in [0.25, 0.3) is 0 Å². The third kappa shape index (κ3) is 4.96. The van der Waals surface area contributed by atoms with Gasteiger partial charge in [-0.25, -0.2) is 0 Å². The highest BCUT2D eigenvalue weighted by molar-refractivity contribution is 5.90. The number of fused-ring (bicyclic) bond motifs is 1. The Kier molecular flexibility index (Phi) is 7.83. The van der Waals surface area contributed by atoms with Gasteiger partial charge in [0.05, 0.1) is 0 Å². The van der Waals surface area contributed by atoms with Gasteiger partial charge < -0.3 is 12.4 Å². The first-order chi connectivity index (χ1) is 10.2. The molecule has 0 unspecified atom stereocenters. The zero-order valence-electron chi connectivity index (χ0n) is 13.4. The predicted octanol–water partition coefficient (Wildman–Crippen LogP) is 1.43. The minimum atomic E-state index is 0. The summed E-state index contributed by atoms with van der Waals surface area (Å²) in [5, 5.41) is 0. The fourth-order valence-electron chi connectivity index (χ4n) is 2.36. The molecule has 0 saturated carbocycles. The summed E-state index contributed by atoms with van der Waals surface area (Å²) in [7, 11) is 0. The second kappa shape index (κ2) is 9.37. The minimum absolute atomic E-state index is 0. The molecule has 0 aliphatic heterocycles. The van der Waals surface area contributed by atoms with Crippen LogP contribution in [-0.2, 0) is 6.54 Å².